The van der Waals surface area contributed by atoms with Gasteiger partial charge in [0.2, 0.25) is 6.41 Å². The molecule has 0 aliphatic carbocycles. The molecule has 0 aliphatic rings. The van der Waals surface area contributed by atoms with Gasteiger partial charge in [-0.05, 0) is 18.6 Å². The molecule has 0 radical (unpaired) electrons. The average Bonchev–Trinajstić information content (AvgIpc) is 2.17. The van der Waals surface area contributed by atoms with E-state index >= 15 is 0 Å². The van der Waals surface area contributed by atoms with Crippen molar-refractivity contribution >= 4 is 17.8 Å². The number of benzene rings is 1. The van der Waals surface area contributed by atoms with Crippen molar-refractivity contribution in [1.29, 1.82) is 0 Å². The summed E-state index contributed by atoms with van der Waals surface area (Å²) in [6, 6.07) is 7.64. The molecule has 13 heavy (non-hydrogen) atoms. The van der Waals surface area contributed by atoms with E-state index in [1.54, 1.807) is 0 Å². The lowest BCUT2D eigenvalue weighted by Gasteiger charge is -2.09. The fraction of sp³-hybridized carbons (Fsp3) is 0.300. The van der Waals surface area contributed by atoms with Crippen molar-refractivity contribution in [2.24, 2.45) is 0 Å². The van der Waals surface area contributed by atoms with Crippen LogP contribution in [0.2, 0.25) is 0 Å². The van der Waals surface area contributed by atoms with E-state index in [1.807, 2.05) is 24.3 Å². The van der Waals surface area contributed by atoms with Crippen LogP contribution in [0, 0.1) is 0 Å². The number of para-hydroxylation sites is 2. The smallest absolute Gasteiger partial charge is 0.211 e. The van der Waals surface area contributed by atoms with Gasteiger partial charge in [-0.1, -0.05) is 19.1 Å². The topological polar surface area (TPSA) is 41.1 Å². The molecule has 3 nitrogen and oxygen atoms in total. The third-order valence-corrected chi connectivity index (χ3v) is 1.71. The highest BCUT2D eigenvalue weighted by Crippen LogP contribution is 2.19. The van der Waals surface area contributed by atoms with Gasteiger partial charge in [0.15, 0.2) is 0 Å². The highest BCUT2D eigenvalue weighted by Gasteiger charge is 1.97. The van der Waals surface area contributed by atoms with Crippen molar-refractivity contribution < 1.29 is 4.79 Å². The summed E-state index contributed by atoms with van der Waals surface area (Å²) in [5.74, 6) is 0. The van der Waals surface area contributed by atoms with Crippen LogP contribution in [0.15, 0.2) is 24.3 Å². The largest absolute Gasteiger partial charge is 0.383 e. The van der Waals surface area contributed by atoms with Crippen LogP contribution in [0.3, 0.4) is 0 Å². The van der Waals surface area contributed by atoms with Crippen molar-refractivity contribution in [1.82, 2.24) is 0 Å². The van der Waals surface area contributed by atoms with Crippen LogP contribution in [0.5, 0.6) is 0 Å². The van der Waals surface area contributed by atoms with Crippen LogP contribution in [-0.2, 0) is 4.79 Å². The zero-order chi connectivity index (χ0) is 9.52. The van der Waals surface area contributed by atoms with Crippen molar-refractivity contribution in [3.8, 4) is 0 Å². The Balaban J connectivity index is 2.71. The SMILES string of the molecule is CCCNc1ccccc1NC=O. The van der Waals surface area contributed by atoms with Gasteiger partial charge in [0, 0.05) is 6.54 Å². The first kappa shape index (κ1) is 9.58. The normalized spacial score (nSPS) is 9.31. The Kier molecular flexibility index (Phi) is 3.82. The molecule has 1 aromatic rings. The molecule has 70 valence electrons. The minimum Gasteiger partial charge on any atom is -0.383 e. The van der Waals surface area contributed by atoms with Crippen molar-refractivity contribution in [3.05, 3.63) is 24.3 Å². The van der Waals surface area contributed by atoms with Gasteiger partial charge >= 0.3 is 0 Å². The second-order valence-corrected chi connectivity index (χ2v) is 2.73. The van der Waals surface area contributed by atoms with E-state index in [2.05, 4.69) is 17.6 Å². The fourth-order valence-corrected chi connectivity index (χ4v) is 1.09. The molecule has 0 spiro atoms. The summed E-state index contributed by atoms with van der Waals surface area (Å²) < 4.78 is 0. The number of nitrogens with one attached hydrogen (secondary N) is 2. The van der Waals surface area contributed by atoms with Crippen molar-refractivity contribution in [3.63, 3.8) is 0 Å². The molecular formula is C10H14N2O. The maximum atomic E-state index is 10.3. The summed E-state index contributed by atoms with van der Waals surface area (Å²) >= 11 is 0. The zero-order valence-electron chi connectivity index (χ0n) is 7.71. The molecule has 0 heterocycles. The molecule has 0 saturated carbocycles. The van der Waals surface area contributed by atoms with Gasteiger partial charge in [-0.3, -0.25) is 4.79 Å². The minimum absolute atomic E-state index is 0.687. The van der Waals surface area contributed by atoms with Crippen LogP contribution >= 0.6 is 0 Å². The summed E-state index contributed by atoms with van der Waals surface area (Å²) in [7, 11) is 0. The second-order valence-electron chi connectivity index (χ2n) is 2.73. The number of anilines is 2. The van der Waals surface area contributed by atoms with Crippen LogP contribution in [0.25, 0.3) is 0 Å². The second kappa shape index (κ2) is 5.19. The standard InChI is InChI=1S/C10H14N2O/c1-2-7-11-9-5-3-4-6-10(9)12-8-13/h3-6,8,11H,2,7H2,1H3,(H,12,13). The predicted molar refractivity (Wildman–Crippen MR) is 54.9 cm³/mol. The van der Waals surface area contributed by atoms with Gasteiger partial charge in [0.05, 0.1) is 11.4 Å². The molecule has 0 saturated heterocycles. The van der Waals surface area contributed by atoms with Gasteiger partial charge in [-0.25, -0.2) is 0 Å². The third-order valence-electron chi connectivity index (χ3n) is 1.71. The zero-order valence-corrected chi connectivity index (χ0v) is 7.71. The third kappa shape index (κ3) is 2.78. The number of hydrogen-bond donors (Lipinski definition) is 2. The van der Waals surface area contributed by atoms with E-state index in [1.165, 1.54) is 0 Å². The minimum atomic E-state index is 0.687. The van der Waals surface area contributed by atoms with Gasteiger partial charge in [-0.2, -0.15) is 0 Å². The molecule has 1 rings (SSSR count). The Morgan fingerprint density at radius 3 is 2.62 bits per heavy atom. The Labute approximate surface area is 78.2 Å². The van der Waals surface area contributed by atoms with Gasteiger partial charge in [0.1, 0.15) is 0 Å². The first-order chi connectivity index (χ1) is 6.38. The van der Waals surface area contributed by atoms with Crippen molar-refractivity contribution in [2.75, 3.05) is 17.2 Å². The molecule has 2 N–H and O–H groups in total. The van der Waals surface area contributed by atoms with Gasteiger partial charge in [-0.15, -0.1) is 0 Å². The molecule has 0 fully saturated rings. The highest BCUT2D eigenvalue weighted by atomic mass is 16.1. The first-order valence-electron chi connectivity index (χ1n) is 4.41. The summed E-state index contributed by atoms with van der Waals surface area (Å²) in [6.45, 7) is 3.01. The molecular weight excluding hydrogens is 164 g/mol. The van der Waals surface area contributed by atoms with E-state index in [0.717, 1.165) is 24.3 Å². The lowest BCUT2D eigenvalue weighted by Crippen LogP contribution is -2.04. The Morgan fingerprint density at radius 1 is 1.31 bits per heavy atom. The summed E-state index contributed by atoms with van der Waals surface area (Å²) in [4.78, 5) is 10.3. The number of rotatable bonds is 5. The maximum Gasteiger partial charge on any atom is 0.211 e. The van der Waals surface area contributed by atoms with Crippen LogP contribution in [0.4, 0.5) is 11.4 Å². The van der Waals surface area contributed by atoms with Crippen LogP contribution in [0.1, 0.15) is 13.3 Å². The molecule has 0 unspecified atom stereocenters. The number of amides is 1. The first-order valence-corrected chi connectivity index (χ1v) is 4.41. The maximum absolute atomic E-state index is 10.3. The van der Waals surface area contributed by atoms with E-state index in [-0.39, 0.29) is 0 Å². The summed E-state index contributed by atoms with van der Waals surface area (Å²) in [6.07, 6.45) is 1.75. The summed E-state index contributed by atoms with van der Waals surface area (Å²) in [5, 5.41) is 5.87. The van der Waals surface area contributed by atoms with Crippen molar-refractivity contribution in [2.45, 2.75) is 13.3 Å². The molecule has 0 aromatic heterocycles. The lowest BCUT2D eigenvalue weighted by molar-refractivity contribution is -0.105. The van der Waals surface area contributed by atoms with E-state index in [0.29, 0.717) is 6.41 Å². The monoisotopic (exact) mass is 178 g/mol. The molecule has 0 bridgehead atoms. The molecule has 0 aliphatic heterocycles. The molecule has 1 amide bonds. The average molecular weight is 178 g/mol. The lowest BCUT2D eigenvalue weighted by atomic mass is 10.2. The quantitative estimate of drug-likeness (QED) is 0.678. The molecule has 3 heteroatoms. The van der Waals surface area contributed by atoms with Gasteiger partial charge < -0.3 is 10.6 Å². The number of carbonyl (C=O) groups is 1. The van der Waals surface area contributed by atoms with E-state index < -0.39 is 0 Å². The Morgan fingerprint density at radius 2 is 2.00 bits per heavy atom. The highest BCUT2D eigenvalue weighted by molar-refractivity contribution is 5.80. The predicted octanol–water partition coefficient (Wildman–Crippen LogP) is 2.08. The summed E-state index contributed by atoms with van der Waals surface area (Å²) in [5.41, 5.74) is 1.79. The van der Waals surface area contributed by atoms with Gasteiger partial charge in [0.25, 0.3) is 0 Å². The number of carbonyl (C=O) groups excluding carboxylic acids is 1. The molecule has 0 atom stereocenters. The Hall–Kier alpha value is -1.51. The molecule has 1 aromatic carbocycles. The van der Waals surface area contributed by atoms with Crippen LogP contribution in [-0.4, -0.2) is 13.0 Å². The van der Waals surface area contributed by atoms with E-state index in [9.17, 15) is 4.79 Å². The fourth-order valence-electron chi connectivity index (χ4n) is 1.09. The van der Waals surface area contributed by atoms with E-state index in [4.69, 9.17) is 0 Å². The Bertz CT molecular complexity index is 273. The number of hydrogen-bond acceptors (Lipinski definition) is 2. The van der Waals surface area contributed by atoms with Crippen LogP contribution < -0.4 is 10.6 Å².